The van der Waals surface area contributed by atoms with Crippen LogP contribution in [0.25, 0.3) is 0 Å². The molecule has 5 rings (SSSR count). The van der Waals surface area contributed by atoms with Crippen LogP contribution in [-0.2, 0) is 4.74 Å². The average Bonchev–Trinajstić information content (AvgIpc) is 3.10. The van der Waals surface area contributed by atoms with Gasteiger partial charge in [0, 0.05) is 30.6 Å². The van der Waals surface area contributed by atoms with Gasteiger partial charge in [0.15, 0.2) is 0 Å². The molecular weight excluding hydrogens is 375 g/mol. The summed E-state index contributed by atoms with van der Waals surface area (Å²) in [5, 5.41) is 9.12. The first-order chi connectivity index (χ1) is 14.0. The maximum absolute atomic E-state index is 13.8. The van der Waals surface area contributed by atoms with E-state index in [-0.39, 0.29) is 17.3 Å². The van der Waals surface area contributed by atoms with Crippen LogP contribution >= 0.6 is 0 Å². The van der Waals surface area contributed by atoms with Crippen molar-refractivity contribution in [2.24, 2.45) is 5.41 Å². The zero-order valence-electron chi connectivity index (χ0n) is 16.7. The number of carbonyl (C=O) groups is 1. The summed E-state index contributed by atoms with van der Waals surface area (Å²) in [5.74, 6) is 0.817. The summed E-state index contributed by atoms with van der Waals surface area (Å²) < 4.78 is 25.0. The first-order valence-electron chi connectivity index (χ1n) is 10.8. The van der Waals surface area contributed by atoms with Crippen molar-refractivity contribution in [1.82, 2.24) is 9.80 Å². The normalized spacial score (nSPS) is 27.6. The van der Waals surface area contributed by atoms with Gasteiger partial charge in [-0.2, -0.15) is 0 Å². The second-order valence-corrected chi connectivity index (χ2v) is 9.30. The molecule has 0 bridgehead atoms. The summed E-state index contributed by atoms with van der Waals surface area (Å²) in [6.07, 6.45) is 4.78. The molecular formula is C22H29FN2O4. The van der Waals surface area contributed by atoms with Crippen LogP contribution in [0.3, 0.4) is 0 Å². The third kappa shape index (κ3) is 3.70. The van der Waals surface area contributed by atoms with Crippen molar-refractivity contribution in [3.8, 4) is 5.75 Å². The number of likely N-dealkylation sites (tertiary alicyclic amines) is 2. The molecule has 1 aromatic rings. The minimum absolute atomic E-state index is 0.0400. The largest absolute Gasteiger partial charge is 0.485 e. The van der Waals surface area contributed by atoms with Crippen LogP contribution in [0.4, 0.5) is 9.18 Å². The Morgan fingerprint density at radius 2 is 1.97 bits per heavy atom. The lowest BCUT2D eigenvalue weighted by atomic mass is 9.78. The van der Waals surface area contributed by atoms with Gasteiger partial charge in [0.1, 0.15) is 17.7 Å². The van der Waals surface area contributed by atoms with Crippen LogP contribution in [0.1, 0.15) is 43.6 Å². The fourth-order valence-electron chi connectivity index (χ4n) is 5.66. The maximum Gasteiger partial charge on any atom is 0.407 e. The van der Waals surface area contributed by atoms with Crippen LogP contribution < -0.4 is 4.74 Å². The van der Waals surface area contributed by atoms with E-state index in [2.05, 4.69) is 4.90 Å². The molecule has 0 radical (unpaired) electrons. The van der Waals surface area contributed by atoms with E-state index in [1.165, 1.54) is 23.5 Å². The smallest absolute Gasteiger partial charge is 0.407 e. The fraction of sp³-hybridized carbons (Fsp3) is 0.682. The predicted octanol–water partition coefficient (Wildman–Crippen LogP) is 3.32. The van der Waals surface area contributed by atoms with Gasteiger partial charge < -0.3 is 24.4 Å². The SMILES string of the molecule is O=C(O)N1CC2(CCC(N3CCC(c4ccc(F)cc4OC4COC4)CC3)C2)C1. The Bertz CT molecular complexity index is 770. The van der Waals surface area contributed by atoms with E-state index in [1.807, 2.05) is 6.07 Å². The monoisotopic (exact) mass is 404 g/mol. The van der Waals surface area contributed by atoms with Gasteiger partial charge in [0.25, 0.3) is 0 Å². The number of ether oxygens (including phenoxy) is 2. The first-order valence-corrected chi connectivity index (χ1v) is 10.8. The highest BCUT2D eigenvalue weighted by Crippen LogP contribution is 2.48. The summed E-state index contributed by atoms with van der Waals surface area (Å²) in [6.45, 7) is 4.65. The van der Waals surface area contributed by atoms with Gasteiger partial charge in [0.05, 0.1) is 13.2 Å². The number of hydrogen-bond donors (Lipinski definition) is 1. The van der Waals surface area contributed by atoms with E-state index in [4.69, 9.17) is 14.6 Å². The summed E-state index contributed by atoms with van der Waals surface area (Å²) in [5.41, 5.74) is 1.35. The topological polar surface area (TPSA) is 62.2 Å². The van der Waals surface area contributed by atoms with Gasteiger partial charge in [-0.3, -0.25) is 0 Å². The van der Waals surface area contributed by atoms with Crippen molar-refractivity contribution in [2.75, 3.05) is 39.4 Å². The summed E-state index contributed by atoms with van der Waals surface area (Å²) in [6, 6.07) is 5.52. The summed E-state index contributed by atoms with van der Waals surface area (Å²) in [4.78, 5) is 15.2. The quantitative estimate of drug-likeness (QED) is 0.834. The van der Waals surface area contributed by atoms with Crippen molar-refractivity contribution in [1.29, 1.82) is 0 Å². The lowest BCUT2D eigenvalue weighted by Gasteiger charge is -2.47. The van der Waals surface area contributed by atoms with Gasteiger partial charge >= 0.3 is 6.09 Å². The molecule has 4 aliphatic rings. The molecule has 3 heterocycles. The Morgan fingerprint density at radius 1 is 1.21 bits per heavy atom. The summed E-state index contributed by atoms with van der Waals surface area (Å²) >= 11 is 0. The Kier molecular flexibility index (Phi) is 4.90. The Balaban J connectivity index is 1.18. The molecule has 1 aromatic carbocycles. The minimum Gasteiger partial charge on any atom is -0.485 e. The van der Waals surface area contributed by atoms with Crippen molar-refractivity contribution < 1.29 is 23.8 Å². The standard InChI is InChI=1S/C22H29FN2O4/c23-16-1-2-19(20(9-16)29-18-11-28-12-18)15-4-7-24(8-5-15)17-3-6-22(10-17)13-25(14-22)21(26)27/h1-2,9,15,17-18H,3-8,10-14H2,(H,26,27). The molecule has 29 heavy (non-hydrogen) atoms. The first kappa shape index (κ1) is 19.1. The predicted molar refractivity (Wildman–Crippen MR) is 105 cm³/mol. The number of nitrogens with zero attached hydrogens (tertiary/aromatic N) is 2. The van der Waals surface area contributed by atoms with Crippen molar-refractivity contribution in [2.45, 2.75) is 50.2 Å². The third-order valence-corrected chi connectivity index (χ3v) is 7.36. The molecule has 1 saturated carbocycles. The van der Waals surface area contributed by atoms with Crippen molar-refractivity contribution >= 4 is 6.09 Å². The number of carboxylic acid groups (broad SMARTS) is 1. The molecule has 1 aliphatic carbocycles. The molecule has 6 nitrogen and oxygen atoms in total. The molecule has 1 amide bonds. The Labute approximate surface area is 170 Å². The fourth-order valence-corrected chi connectivity index (χ4v) is 5.66. The molecule has 3 aliphatic heterocycles. The van der Waals surface area contributed by atoms with Gasteiger partial charge in [0.2, 0.25) is 0 Å². The van der Waals surface area contributed by atoms with Gasteiger partial charge in [-0.05, 0) is 62.7 Å². The van der Waals surface area contributed by atoms with Gasteiger partial charge in [-0.25, -0.2) is 9.18 Å². The number of rotatable bonds is 4. The van der Waals surface area contributed by atoms with E-state index in [0.29, 0.717) is 44.0 Å². The number of halogens is 1. The number of piperidine rings is 1. The van der Waals surface area contributed by atoms with Crippen LogP contribution in [0.2, 0.25) is 0 Å². The zero-order chi connectivity index (χ0) is 20.0. The zero-order valence-corrected chi connectivity index (χ0v) is 16.7. The maximum atomic E-state index is 13.8. The van der Waals surface area contributed by atoms with Gasteiger partial charge in [-0.1, -0.05) is 6.07 Å². The third-order valence-electron chi connectivity index (χ3n) is 7.36. The van der Waals surface area contributed by atoms with E-state index in [1.54, 1.807) is 0 Å². The Hall–Kier alpha value is -1.86. The second-order valence-electron chi connectivity index (χ2n) is 9.30. The van der Waals surface area contributed by atoms with Crippen LogP contribution in [0, 0.1) is 11.2 Å². The van der Waals surface area contributed by atoms with E-state index < -0.39 is 6.09 Å². The second kappa shape index (κ2) is 7.43. The highest BCUT2D eigenvalue weighted by molar-refractivity contribution is 5.66. The molecule has 1 unspecified atom stereocenters. The molecule has 3 saturated heterocycles. The van der Waals surface area contributed by atoms with Crippen LogP contribution in [0.15, 0.2) is 18.2 Å². The Morgan fingerprint density at radius 3 is 2.62 bits per heavy atom. The van der Waals surface area contributed by atoms with E-state index in [0.717, 1.165) is 44.3 Å². The highest BCUT2D eigenvalue weighted by atomic mass is 19.1. The van der Waals surface area contributed by atoms with E-state index in [9.17, 15) is 9.18 Å². The van der Waals surface area contributed by atoms with Crippen molar-refractivity contribution in [3.05, 3.63) is 29.6 Å². The molecule has 4 fully saturated rings. The highest BCUT2D eigenvalue weighted by Gasteiger charge is 2.51. The van der Waals surface area contributed by atoms with Crippen molar-refractivity contribution in [3.63, 3.8) is 0 Å². The number of hydrogen-bond acceptors (Lipinski definition) is 4. The lowest BCUT2D eigenvalue weighted by Crippen LogP contribution is -2.57. The average molecular weight is 404 g/mol. The van der Waals surface area contributed by atoms with Gasteiger partial charge in [-0.15, -0.1) is 0 Å². The molecule has 1 spiro atoms. The summed E-state index contributed by atoms with van der Waals surface area (Å²) in [7, 11) is 0. The molecule has 1 N–H and O–H groups in total. The van der Waals surface area contributed by atoms with Crippen LogP contribution in [-0.4, -0.2) is 72.5 Å². The van der Waals surface area contributed by atoms with Crippen LogP contribution in [0.5, 0.6) is 5.75 Å². The molecule has 0 aromatic heterocycles. The lowest BCUT2D eigenvalue weighted by molar-refractivity contribution is -0.0802. The molecule has 158 valence electrons. The number of amides is 1. The number of benzene rings is 1. The molecule has 7 heteroatoms. The minimum atomic E-state index is -0.786. The molecule has 1 atom stereocenters. The van der Waals surface area contributed by atoms with E-state index >= 15 is 0 Å².